The molecule has 0 aromatic heterocycles. The summed E-state index contributed by atoms with van der Waals surface area (Å²) in [5, 5.41) is 11.3. The molecule has 192 valence electrons. The second-order valence-electron chi connectivity index (χ2n) is 9.43. The number of ketones is 1. The first-order valence-corrected chi connectivity index (χ1v) is 12.6. The average Bonchev–Trinajstić information content (AvgIpc) is 3.16. The topological polar surface area (TPSA) is 76.1 Å². The van der Waals surface area contributed by atoms with Gasteiger partial charge in [-0.3, -0.25) is 9.59 Å². The van der Waals surface area contributed by atoms with E-state index in [1.165, 1.54) is 4.90 Å². The number of aliphatic hydroxyl groups excluding tert-OH is 1. The fourth-order valence-corrected chi connectivity index (χ4v) is 4.50. The van der Waals surface area contributed by atoms with Crippen LogP contribution in [0.15, 0.2) is 84.4 Å². The quantitative estimate of drug-likeness (QED) is 0.165. The van der Waals surface area contributed by atoms with E-state index in [-0.39, 0.29) is 17.4 Å². The molecule has 1 fully saturated rings. The van der Waals surface area contributed by atoms with E-state index in [0.717, 1.165) is 16.7 Å². The summed E-state index contributed by atoms with van der Waals surface area (Å²) in [5.41, 5.74) is 3.20. The molecule has 0 aliphatic carbocycles. The van der Waals surface area contributed by atoms with Gasteiger partial charge in [0, 0.05) is 18.7 Å². The lowest BCUT2D eigenvalue weighted by molar-refractivity contribution is -0.140. The Hall–Kier alpha value is -3.90. The lowest BCUT2D eigenvalue weighted by atomic mass is 9.95. The number of ether oxygens (including phenoxy) is 2. The standard InChI is InChI=1S/C31H33NO5/c1-21(2)36-18-10-17-32-28(24-13-8-5-9-14-24)27(30(34)31(32)35)29(33)25-15-16-26(22(3)19-25)37-20-23-11-6-4-7-12-23/h4-9,11-16,19,21,28,33H,10,17-18,20H2,1-3H3/b29-27-. The van der Waals surface area contributed by atoms with E-state index in [1.807, 2.05) is 81.4 Å². The van der Waals surface area contributed by atoms with Gasteiger partial charge in [-0.05, 0) is 62.1 Å². The number of aryl methyl sites for hydroxylation is 1. The third-order valence-electron chi connectivity index (χ3n) is 6.34. The van der Waals surface area contributed by atoms with Crippen molar-refractivity contribution < 1.29 is 24.2 Å². The van der Waals surface area contributed by atoms with Crippen molar-refractivity contribution in [1.82, 2.24) is 4.90 Å². The zero-order valence-electron chi connectivity index (χ0n) is 21.5. The minimum absolute atomic E-state index is 0.0863. The van der Waals surface area contributed by atoms with Gasteiger partial charge < -0.3 is 19.5 Å². The van der Waals surface area contributed by atoms with Gasteiger partial charge in [-0.25, -0.2) is 0 Å². The van der Waals surface area contributed by atoms with Gasteiger partial charge in [-0.15, -0.1) is 0 Å². The molecule has 1 saturated heterocycles. The van der Waals surface area contributed by atoms with Gasteiger partial charge in [-0.2, -0.15) is 0 Å². The maximum atomic E-state index is 13.2. The molecule has 37 heavy (non-hydrogen) atoms. The molecule has 0 radical (unpaired) electrons. The SMILES string of the molecule is Cc1cc(/C(O)=C2/C(=O)C(=O)N(CCCOC(C)C)C2c2ccccc2)ccc1OCc1ccccc1. The Morgan fingerprint density at radius 1 is 0.973 bits per heavy atom. The number of amides is 1. The van der Waals surface area contributed by atoms with Crippen LogP contribution in [-0.4, -0.2) is 41.0 Å². The fraction of sp³-hybridized carbons (Fsp3) is 0.290. The highest BCUT2D eigenvalue weighted by atomic mass is 16.5. The molecule has 1 N–H and O–H groups in total. The molecule has 0 spiro atoms. The monoisotopic (exact) mass is 499 g/mol. The minimum atomic E-state index is -0.682. The molecule has 0 saturated carbocycles. The summed E-state index contributed by atoms with van der Waals surface area (Å²) in [5.74, 6) is -0.797. The smallest absolute Gasteiger partial charge is 0.295 e. The van der Waals surface area contributed by atoms with Crippen LogP contribution in [0.1, 0.15) is 48.6 Å². The Morgan fingerprint density at radius 2 is 1.65 bits per heavy atom. The predicted octanol–water partition coefficient (Wildman–Crippen LogP) is 5.81. The van der Waals surface area contributed by atoms with E-state index in [9.17, 15) is 14.7 Å². The second-order valence-corrected chi connectivity index (χ2v) is 9.43. The Morgan fingerprint density at radius 3 is 2.30 bits per heavy atom. The highest BCUT2D eigenvalue weighted by Crippen LogP contribution is 2.39. The van der Waals surface area contributed by atoms with Crippen molar-refractivity contribution in [3.8, 4) is 5.75 Å². The van der Waals surface area contributed by atoms with E-state index in [4.69, 9.17) is 9.47 Å². The Labute approximate surface area is 218 Å². The number of likely N-dealkylation sites (tertiary alicyclic amines) is 1. The fourth-order valence-electron chi connectivity index (χ4n) is 4.50. The van der Waals surface area contributed by atoms with Crippen LogP contribution < -0.4 is 4.74 Å². The van der Waals surface area contributed by atoms with Crippen molar-refractivity contribution >= 4 is 17.4 Å². The number of Topliss-reactive ketones (excluding diaryl/α,β-unsaturated/α-hetero) is 1. The van der Waals surface area contributed by atoms with Crippen molar-refractivity contribution in [3.05, 3.63) is 107 Å². The minimum Gasteiger partial charge on any atom is -0.507 e. The van der Waals surface area contributed by atoms with Crippen LogP contribution in [0.5, 0.6) is 5.75 Å². The van der Waals surface area contributed by atoms with Crippen LogP contribution in [0.25, 0.3) is 5.76 Å². The molecule has 6 heteroatoms. The van der Waals surface area contributed by atoms with Gasteiger partial charge in [-0.1, -0.05) is 60.7 Å². The van der Waals surface area contributed by atoms with Crippen molar-refractivity contribution in [2.75, 3.05) is 13.2 Å². The molecule has 3 aromatic carbocycles. The van der Waals surface area contributed by atoms with Gasteiger partial charge in [0.1, 0.15) is 18.1 Å². The highest BCUT2D eigenvalue weighted by molar-refractivity contribution is 6.46. The molecule has 1 atom stereocenters. The number of rotatable bonds is 10. The Balaban J connectivity index is 1.63. The van der Waals surface area contributed by atoms with E-state index < -0.39 is 17.7 Å². The number of carbonyl (C=O) groups is 2. The lowest BCUT2D eigenvalue weighted by Gasteiger charge is -2.25. The van der Waals surface area contributed by atoms with Crippen LogP contribution in [0, 0.1) is 6.92 Å². The molecule has 1 aliphatic rings. The summed E-state index contributed by atoms with van der Waals surface area (Å²) >= 11 is 0. The highest BCUT2D eigenvalue weighted by Gasteiger charge is 2.45. The van der Waals surface area contributed by atoms with Gasteiger partial charge >= 0.3 is 0 Å². The first-order chi connectivity index (χ1) is 17.9. The summed E-state index contributed by atoms with van der Waals surface area (Å²) < 4.78 is 11.6. The summed E-state index contributed by atoms with van der Waals surface area (Å²) in [7, 11) is 0. The Bertz CT molecular complexity index is 1270. The summed E-state index contributed by atoms with van der Waals surface area (Å²) in [6, 6.07) is 23.8. The molecule has 6 nitrogen and oxygen atoms in total. The molecule has 4 rings (SSSR count). The number of aliphatic hydroxyl groups is 1. The normalized spacial score (nSPS) is 17.0. The lowest BCUT2D eigenvalue weighted by Crippen LogP contribution is -2.31. The second kappa shape index (κ2) is 11.9. The first kappa shape index (κ1) is 26.2. The predicted molar refractivity (Wildman–Crippen MR) is 143 cm³/mol. The van der Waals surface area contributed by atoms with Crippen LogP contribution in [0.3, 0.4) is 0 Å². The zero-order valence-corrected chi connectivity index (χ0v) is 21.5. The van der Waals surface area contributed by atoms with Crippen LogP contribution in [0.4, 0.5) is 0 Å². The van der Waals surface area contributed by atoms with Gasteiger partial charge in [0.15, 0.2) is 0 Å². The van der Waals surface area contributed by atoms with Crippen molar-refractivity contribution in [2.24, 2.45) is 0 Å². The zero-order chi connectivity index (χ0) is 26.4. The number of nitrogens with zero attached hydrogens (tertiary/aromatic N) is 1. The van der Waals surface area contributed by atoms with Crippen molar-refractivity contribution in [3.63, 3.8) is 0 Å². The molecule has 1 unspecified atom stereocenters. The van der Waals surface area contributed by atoms with Crippen molar-refractivity contribution in [2.45, 2.75) is 45.9 Å². The molecule has 1 amide bonds. The first-order valence-electron chi connectivity index (χ1n) is 12.6. The molecule has 0 bridgehead atoms. The van der Waals surface area contributed by atoms with Crippen LogP contribution >= 0.6 is 0 Å². The van der Waals surface area contributed by atoms with Crippen LogP contribution in [-0.2, 0) is 20.9 Å². The summed E-state index contributed by atoms with van der Waals surface area (Å²) in [6.45, 7) is 7.04. The maximum Gasteiger partial charge on any atom is 0.295 e. The third-order valence-corrected chi connectivity index (χ3v) is 6.34. The van der Waals surface area contributed by atoms with E-state index in [1.54, 1.807) is 18.2 Å². The number of carbonyl (C=O) groups excluding carboxylic acids is 2. The molecule has 1 aliphatic heterocycles. The molecular weight excluding hydrogens is 466 g/mol. The van der Waals surface area contributed by atoms with E-state index in [0.29, 0.717) is 37.5 Å². The third kappa shape index (κ3) is 6.09. The van der Waals surface area contributed by atoms with Gasteiger partial charge in [0.2, 0.25) is 0 Å². The number of benzene rings is 3. The Kier molecular flexibility index (Phi) is 8.41. The van der Waals surface area contributed by atoms with E-state index in [2.05, 4.69) is 0 Å². The number of hydrogen-bond acceptors (Lipinski definition) is 5. The summed E-state index contributed by atoms with van der Waals surface area (Å²) in [6.07, 6.45) is 0.671. The number of hydrogen-bond donors (Lipinski definition) is 1. The molecular formula is C31H33NO5. The van der Waals surface area contributed by atoms with Gasteiger partial charge in [0.25, 0.3) is 11.7 Å². The van der Waals surface area contributed by atoms with Crippen LogP contribution in [0.2, 0.25) is 0 Å². The maximum absolute atomic E-state index is 13.2. The molecule has 3 aromatic rings. The van der Waals surface area contributed by atoms with E-state index >= 15 is 0 Å². The molecule has 1 heterocycles. The van der Waals surface area contributed by atoms with Crippen molar-refractivity contribution in [1.29, 1.82) is 0 Å². The largest absolute Gasteiger partial charge is 0.507 e. The summed E-state index contributed by atoms with van der Waals surface area (Å²) in [4.78, 5) is 27.8. The van der Waals surface area contributed by atoms with Gasteiger partial charge in [0.05, 0.1) is 17.7 Å². The average molecular weight is 500 g/mol.